The van der Waals surface area contributed by atoms with Gasteiger partial charge < -0.3 is 5.73 Å². The number of hydrogen-bond donors (Lipinski definition) is 2. The van der Waals surface area contributed by atoms with E-state index in [-0.39, 0.29) is 0 Å². The molecule has 1 heterocycles. The number of benzene rings is 2. The summed E-state index contributed by atoms with van der Waals surface area (Å²) in [5.41, 5.74) is 7.38. The summed E-state index contributed by atoms with van der Waals surface area (Å²) in [5, 5.41) is 11.3. The van der Waals surface area contributed by atoms with Crippen LogP contribution in [-0.4, -0.2) is 21.0 Å². The predicted octanol–water partition coefficient (Wildman–Crippen LogP) is 3.19. The number of primary amides is 1. The standard InChI is InChI=1S/C15H12BrN5O/c16-11-6-8-12(9-7-11)21-19-13(10-4-2-1-3-5-10)14(20-21)18-15(17)22/h1-9H,(H3,17,18,20,22). The Hall–Kier alpha value is -2.67. The summed E-state index contributed by atoms with van der Waals surface area (Å²) in [6.45, 7) is 0. The summed E-state index contributed by atoms with van der Waals surface area (Å²) in [5.74, 6) is 0.321. The highest BCUT2D eigenvalue weighted by atomic mass is 79.9. The maximum absolute atomic E-state index is 11.2. The largest absolute Gasteiger partial charge is 0.351 e. The van der Waals surface area contributed by atoms with Crippen LogP contribution in [0.5, 0.6) is 0 Å². The number of nitrogens with two attached hydrogens (primary N) is 1. The molecule has 0 bridgehead atoms. The van der Waals surface area contributed by atoms with Gasteiger partial charge in [0, 0.05) is 10.0 Å². The van der Waals surface area contributed by atoms with Crippen molar-refractivity contribution < 1.29 is 4.79 Å². The van der Waals surface area contributed by atoms with Crippen LogP contribution in [0.15, 0.2) is 59.1 Å². The molecule has 0 unspecified atom stereocenters. The lowest BCUT2D eigenvalue weighted by molar-refractivity contribution is 0.259. The number of aromatic nitrogens is 3. The molecule has 110 valence electrons. The van der Waals surface area contributed by atoms with Crippen molar-refractivity contribution in [3.8, 4) is 16.9 Å². The first kappa shape index (κ1) is 14.3. The Morgan fingerprint density at radius 1 is 1.05 bits per heavy atom. The summed E-state index contributed by atoms with van der Waals surface area (Å²) in [6.07, 6.45) is 0. The number of rotatable bonds is 3. The van der Waals surface area contributed by atoms with E-state index in [0.29, 0.717) is 11.5 Å². The second-order valence-electron chi connectivity index (χ2n) is 4.52. The lowest BCUT2D eigenvalue weighted by Gasteiger charge is -1.99. The van der Waals surface area contributed by atoms with E-state index < -0.39 is 6.03 Å². The van der Waals surface area contributed by atoms with Crippen molar-refractivity contribution in [1.29, 1.82) is 0 Å². The molecular formula is C15H12BrN5O. The van der Waals surface area contributed by atoms with Gasteiger partial charge in [-0.15, -0.1) is 15.0 Å². The molecule has 0 fully saturated rings. The lowest BCUT2D eigenvalue weighted by atomic mass is 10.1. The zero-order chi connectivity index (χ0) is 15.5. The minimum absolute atomic E-state index is 0.321. The van der Waals surface area contributed by atoms with Gasteiger partial charge in [-0.3, -0.25) is 5.32 Å². The zero-order valence-corrected chi connectivity index (χ0v) is 13.0. The zero-order valence-electron chi connectivity index (χ0n) is 11.4. The molecule has 0 atom stereocenters. The number of amides is 2. The van der Waals surface area contributed by atoms with Gasteiger partial charge in [-0.25, -0.2) is 4.79 Å². The molecule has 3 rings (SSSR count). The normalized spacial score (nSPS) is 10.4. The second-order valence-corrected chi connectivity index (χ2v) is 5.43. The van der Waals surface area contributed by atoms with Gasteiger partial charge in [0.1, 0.15) is 5.69 Å². The molecule has 3 N–H and O–H groups in total. The van der Waals surface area contributed by atoms with Gasteiger partial charge in [0.2, 0.25) is 0 Å². The van der Waals surface area contributed by atoms with Crippen molar-refractivity contribution in [3.63, 3.8) is 0 Å². The molecule has 2 aromatic carbocycles. The van der Waals surface area contributed by atoms with Crippen molar-refractivity contribution in [2.24, 2.45) is 5.73 Å². The third-order valence-electron chi connectivity index (χ3n) is 2.96. The molecule has 7 heteroatoms. The van der Waals surface area contributed by atoms with Crippen LogP contribution in [0.4, 0.5) is 10.6 Å². The van der Waals surface area contributed by atoms with E-state index in [1.165, 1.54) is 4.80 Å². The molecule has 0 aliphatic carbocycles. The lowest BCUT2D eigenvalue weighted by Crippen LogP contribution is -2.20. The van der Waals surface area contributed by atoms with E-state index >= 15 is 0 Å². The van der Waals surface area contributed by atoms with Crippen molar-refractivity contribution in [2.45, 2.75) is 0 Å². The fraction of sp³-hybridized carbons (Fsp3) is 0. The van der Waals surface area contributed by atoms with Crippen molar-refractivity contribution in [1.82, 2.24) is 15.0 Å². The van der Waals surface area contributed by atoms with Gasteiger partial charge >= 0.3 is 6.03 Å². The van der Waals surface area contributed by atoms with E-state index in [2.05, 4.69) is 31.4 Å². The van der Waals surface area contributed by atoms with Crippen LogP contribution in [-0.2, 0) is 0 Å². The van der Waals surface area contributed by atoms with Crippen LogP contribution in [0.1, 0.15) is 0 Å². The summed E-state index contributed by atoms with van der Waals surface area (Å²) < 4.78 is 0.960. The number of anilines is 1. The molecular weight excluding hydrogens is 346 g/mol. The highest BCUT2D eigenvalue weighted by Crippen LogP contribution is 2.25. The van der Waals surface area contributed by atoms with Gasteiger partial charge in [0.25, 0.3) is 0 Å². The van der Waals surface area contributed by atoms with E-state index in [9.17, 15) is 4.79 Å². The Morgan fingerprint density at radius 2 is 1.73 bits per heavy atom. The molecule has 0 saturated heterocycles. The Morgan fingerprint density at radius 3 is 2.36 bits per heavy atom. The van der Waals surface area contributed by atoms with Crippen LogP contribution < -0.4 is 11.1 Å². The average Bonchev–Trinajstić information content (AvgIpc) is 2.92. The van der Waals surface area contributed by atoms with E-state index in [1.807, 2.05) is 54.6 Å². The fourth-order valence-electron chi connectivity index (χ4n) is 1.99. The van der Waals surface area contributed by atoms with Crippen molar-refractivity contribution in [3.05, 3.63) is 59.1 Å². The molecule has 0 radical (unpaired) electrons. The fourth-order valence-corrected chi connectivity index (χ4v) is 2.25. The van der Waals surface area contributed by atoms with Crippen molar-refractivity contribution >= 4 is 27.8 Å². The molecule has 0 aliphatic rings. The number of carbonyl (C=O) groups is 1. The molecule has 0 aliphatic heterocycles. The van der Waals surface area contributed by atoms with Crippen LogP contribution in [0.3, 0.4) is 0 Å². The Kier molecular flexibility index (Phi) is 3.88. The van der Waals surface area contributed by atoms with E-state index in [1.54, 1.807) is 0 Å². The molecule has 6 nitrogen and oxygen atoms in total. The molecule has 1 aromatic heterocycles. The maximum atomic E-state index is 11.2. The van der Waals surface area contributed by atoms with Crippen LogP contribution >= 0.6 is 15.9 Å². The van der Waals surface area contributed by atoms with Crippen LogP contribution in [0, 0.1) is 0 Å². The second kappa shape index (κ2) is 5.98. The third kappa shape index (κ3) is 2.99. The van der Waals surface area contributed by atoms with Crippen LogP contribution in [0.25, 0.3) is 16.9 Å². The smallest absolute Gasteiger partial charge is 0.317 e. The Labute approximate surface area is 135 Å². The first-order valence-electron chi connectivity index (χ1n) is 6.48. The number of nitrogens with one attached hydrogen (secondary N) is 1. The minimum Gasteiger partial charge on any atom is -0.351 e. The van der Waals surface area contributed by atoms with Crippen LogP contribution in [0.2, 0.25) is 0 Å². The summed E-state index contributed by atoms with van der Waals surface area (Å²) in [6, 6.07) is 16.3. The number of nitrogens with zero attached hydrogens (tertiary/aromatic N) is 3. The minimum atomic E-state index is -0.681. The van der Waals surface area contributed by atoms with Gasteiger partial charge in [-0.05, 0) is 24.3 Å². The molecule has 0 saturated carbocycles. The Bertz CT molecular complexity index is 799. The highest BCUT2D eigenvalue weighted by molar-refractivity contribution is 9.10. The average molecular weight is 358 g/mol. The highest BCUT2D eigenvalue weighted by Gasteiger charge is 2.15. The number of carbonyl (C=O) groups excluding carboxylic acids is 1. The SMILES string of the molecule is NC(=O)Nc1nn(-c2ccc(Br)cc2)nc1-c1ccccc1. The Balaban J connectivity index is 2.08. The quantitative estimate of drug-likeness (QED) is 0.754. The molecule has 2 amide bonds. The number of urea groups is 1. The number of hydrogen-bond acceptors (Lipinski definition) is 3. The molecule has 22 heavy (non-hydrogen) atoms. The summed E-state index contributed by atoms with van der Waals surface area (Å²) >= 11 is 3.38. The van der Waals surface area contributed by atoms with Gasteiger partial charge in [-0.1, -0.05) is 46.3 Å². The van der Waals surface area contributed by atoms with E-state index in [0.717, 1.165) is 15.7 Å². The molecule has 3 aromatic rings. The monoisotopic (exact) mass is 357 g/mol. The number of halogens is 1. The predicted molar refractivity (Wildman–Crippen MR) is 87.7 cm³/mol. The first-order valence-corrected chi connectivity index (χ1v) is 7.28. The van der Waals surface area contributed by atoms with Gasteiger partial charge in [-0.2, -0.15) is 0 Å². The van der Waals surface area contributed by atoms with E-state index in [4.69, 9.17) is 5.73 Å². The first-order chi connectivity index (χ1) is 10.6. The third-order valence-corrected chi connectivity index (χ3v) is 3.49. The maximum Gasteiger partial charge on any atom is 0.317 e. The molecule has 0 spiro atoms. The topological polar surface area (TPSA) is 85.8 Å². The van der Waals surface area contributed by atoms with Gasteiger partial charge in [0.15, 0.2) is 5.82 Å². The summed E-state index contributed by atoms with van der Waals surface area (Å²) in [7, 11) is 0. The van der Waals surface area contributed by atoms with Crippen molar-refractivity contribution in [2.75, 3.05) is 5.32 Å². The van der Waals surface area contributed by atoms with Gasteiger partial charge in [0.05, 0.1) is 5.69 Å². The summed E-state index contributed by atoms with van der Waals surface area (Å²) in [4.78, 5) is 12.6.